The number of halogens is 3. The summed E-state index contributed by atoms with van der Waals surface area (Å²) in [5, 5.41) is 9.57. The number of alkyl halides is 3. The lowest BCUT2D eigenvalue weighted by molar-refractivity contribution is -0.235. The monoisotopic (exact) mass is 446 g/mol. The molecule has 0 radical (unpaired) electrons. The molecule has 1 aliphatic heterocycles. The normalized spacial score (nSPS) is 19.1. The molecule has 1 fully saturated rings. The van der Waals surface area contributed by atoms with Crippen LogP contribution >= 0.6 is 0 Å². The Labute approximate surface area is 176 Å². The zero-order valence-electron chi connectivity index (χ0n) is 17.4. The Hall–Kier alpha value is -1.94. The lowest BCUT2D eigenvalue weighted by atomic mass is 9.95. The molecule has 1 saturated heterocycles. The Bertz CT molecular complexity index is 860. The van der Waals surface area contributed by atoms with Crippen LogP contribution in [0.25, 0.3) is 0 Å². The molecule has 168 valence electrons. The van der Waals surface area contributed by atoms with Crippen LogP contribution in [0.4, 0.5) is 13.2 Å². The van der Waals surface area contributed by atoms with Gasteiger partial charge in [0.2, 0.25) is 10.0 Å². The maximum absolute atomic E-state index is 12.8. The van der Waals surface area contributed by atoms with Gasteiger partial charge in [0.05, 0.1) is 6.26 Å². The van der Waals surface area contributed by atoms with Gasteiger partial charge in [0.1, 0.15) is 0 Å². The molecular formula is C21H29F3N2O3S. The topological polar surface area (TPSA) is 60.9 Å². The van der Waals surface area contributed by atoms with E-state index >= 15 is 0 Å². The summed E-state index contributed by atoms with van der Waals surface area (Å²) in [6.45, 7) is 18.0. The van der Waals surface area contributed by atoms with Crippen LogP contribution in [0.3, 0.4) is 0 Å². The third-order valence-electron chi connectivity index (χ3n) is 4.82. The molecule has 1 atom stereocenters. The average Bonchev–Trinajstić information content (AvgIpc) is 2.62. The first-order valence-corrected chi connectivity index (χ1v) is 11.0. The first kappa shape index (κ1) is 26.1. The van der Waals surface area contributed by atoms with Gasteiger partial charge in [-0.05, 0) is 29.2 Å². The van der Waals surface area contributed by atoms with E-state index in [0.29, 0.717) is 50.8 Å². The second-order valence-corrected chi connectivity index (χ2v) is 9.39. The molecule has 0 spiro atoms. The molecule has 1 heterocycles. The largest absolute Gasteiger partial charge is 0.421 e. The summed E-state index contributed by atoms with van der Waals surface area (Å²) in [6, 6.07) is 0. The Morgan fingerprint density at radius 1 is 0.967 bits per heavy atom. The van der Waals surface area contributed by atoms with Gasteiger partial charge in [-0.15, -0.1) is 0 Å². The molecule has 0 bridgehead atoms. The summed E-state index contributed by atoms with van der Waals surface area (Å²) in [6.07, 6.45) is 2.10. The Morgan fingerprint density at radius 3 is 1.87 bits per heavy atom. The highest BCUT2D eigenvalue weighted by atomic mass is 32.2. The van der Waals surface area contributed by atoms with Crippen molar-refractivity contribution in [2.75, 3.05) is 39.0 Å². The maximum Gasteiger partial charge on any atom is 0.421 e. The van der Waals surface area contributed by atoms with E-state index < -0.39 is 27.4 Å². The summed E-state index contributed by atoms with van der Waals surface area (Å²) >= 11 is 0. The molecule has 0 saturated carbocycles. The minimum atomic E-state index is -4.84. The van der Waals surface area contributed by atoms with Gasteiger partial charge < -0.3 is 5.11 Å². The van der Waals surface area contributed by atoms with Gasteiger partial charge in [0, 0.05) is 32.7 Å². The zero-order valence-corrected chi connectivity index (χ0v) is 18.2. The third kappa shape index (κ3) is 7.39. The second kappa shape index (κ2) is 9.91. The second-order valence-electron chi connectivity index (χ2n) is 7.41. The lowest BCUT2D eigenvalue weighted by Crippen LogP contribution is -2.48. The van der Waals surface area contributed by atoms with Gasteiger partial charge in [-0.25, -0.2) is 8.42 Å². The quantitative estimate of drug-likeness (QED) is 0.553. The number of hydrogen-bond donors (Lipinski definition) is 1. The number of piperazine rings is 1. The maximum atomic E-state index is 12.8. The fourth-order valence-electron chi connectivity index (χ4n) is 2.54. The van der Waals surface area contributed by atoms with Crippen LogP contribution in [0.1, 0.15) is 6.92 Å². The fraction of sp³-hybridized carbons (Fsp3) is 0.429. The van der Waals surface area contributed by atoms with Crippen molar-refractivity contribution >= 4 is 10.0 Å². The van der Waals surface area contributed by atoms with Gasteiger partial charge in [-0.1, -0.05) is 50.6 Å². The van der Waals surface area contributed by atoms with Crippen LogP contribution in [-0.4, -0.2) is 73.5 Å². The molecule has 1 N–H and O–H groups in total. The van der Waals surface area contributed by atoms with Crippen molar-refractivity contribution in [3.63, 3.8) is 0 Å². The molecule has 5 nitrogen and oxygen atoms in total. The van der Waals surface area contributed by atoms with Crippen LogP contribution in [0.2, 0.25) is 0 Å². The van der Waals surface area contributed by atoms with E-state index in [1.807, 2.05) is 0 Å². The van der Waals surface area contributed by atoms with Crippen molar-refractivity contribution in [1.29, 1.82) is 0 Å². The lowest BCUT2D eigenvalue weighted by Gasteiger charge is -2.33. The van der Waals surface area contributed by atoms with E-state index in [2.05, 4.69) is 31.2 Å². The predicted molar refractivity (Wildman–Crippen MR) is 114 cm³/mol. The number of allylic oxidation sites excluding steroid dienone is 4. The molecule has 0 aromatic rings. The molecule has 0 aromatic heterocycles. The molecule has 1 aliphatic rings. The minimum absolute atomic E-state index is 0.361. The molecule has 0 amide bonds. The molecular weight excluding hydrogens is 417 g/mol. The van der Waals surface area contributed by atoms with E-state index in [-0.39, 0.29) is 0 Å². The first-order valence-electron chi connectivity index (χ1n) is 9.13. The number of sulfonamides is 1. The fourth-order valence-corrected chi connectivity index (χ4v) is 3.36. The third-order valence-corrected chi connectivity index (χ3v) is 6.13. The summed E-state index contributed by atoms with van der Waals surface area (Å²) in [5.74, 6) is 0. The number of hydrogen-bond acceptors (Lipinski definition) is 4. The van der Waals surface area contributed by atoms with E-state index in [1.165, 1.54) is 16.6 Å². The van der Waals surface area contributed by atoms with Crippen LogP contribution in [0.15, 0.2) is 72.9 Å². The van der Waals surface area contributed by atoms with Gasteiger partial charge in [-0.2, -0.15) is 17.5 Å². The Balaban J connectivity index is 2.57. The SMILES string of the molecule is C=C(/C=C\C(=C)C(=C)/C=C\C(=C)C(C)(O)C(F)(F)F)CN1CCN(S(C)(=O)=O)CC1. The highest BCUT2D eigenvalue weighted by Gasteiger charge is 2.51. The highest BCUT2D eigenvalue weighted by Crippen LogP contribution is 2.35. The number of aliphatic hydroxyl groups is 1. The highest BCUT2D eigenvalue weighted by molar-refractivity contribution is 7.88. The van der Waals surface area contributed by atoms with Crippen LogP contribution in [-0.2, 0) is 10.0 Å². The standard InChI is InChI=1S/C21H29F3N2O3S/c1-16(15-25-11-13-26(14-12-25)30(6,28)29)7-8-17(2)18(3)9-10-19(4)20(5,27)21(22,23)24/h7-10,27H,1-4,11-15H2,5-6H3/b8-7-,10-9-. The summed E-state index contributed by atoms with van der Waals surface area (Å²) in [5.41, 5.74) is -1.94. The van der Waals surface area contributed by atoms with Crippen molar-refractivity contribution in [3.8, 4) is 0 Å². The van der Waals surface area contributed by atoms with E-state index in [4.69, 9.17) is 0 Å². The van der Waals surface area contributed by atoms with Crippen molar-refractivity contribution in [3.05, 3.63) is 72.9 Å². The van der Waals surface area contributed by atoms with Crippen LogP contribution in [0.5, 0.6) is 0 Å². The minimum Gasteiger partial charge on any atom is -0.376 e. The summed E-state index contributed by atoms with van der Waals surface area (Å²) in [4.78, 5) is 2.08. The predicted octanol–water partition coefficient (Wildman–Crippen LogP) is 3.21. The van der Waals surface area contributed by atoms with Gasteiger partial charge >= 0.3 is 6.18 Å². The van der Waals surface area contributed by atoms with Crippen molar-refractivity contribution < 1.29 is 26.7 Å². The molecule has 1 unspecified atom stereocenters. The van der Waals surface area contributed by atoms with Crippen LogP contribution < -0.4 is 0 Å². The average molecular weight is 447 g/mol. The molecule has 1 rings (SSSR count). The molecule has 30 heavy (non-hydrogen) atoms. The summed E-state index contributed by atoms with van der Waals surface area (Å²) < 4.78 is 62.9. The van der Waals surface area contributed by atoms with Crippen molar-refractivity contribution in [2.45, 2.75) is 18.7 Å². The van der Waals surface area contributed by atoms with E-state index in [9.17, 15) is 26.7 Å². The van der Waals surface area contributed by atoms with E-state index in [1.54, 1.807) is 12.2 Å². The first-order chi connectivity index (χ1) is 13.6. The Kier molecular flexibility index (Phi) is 8.62. The van der Waals surface area contributed by atoms with Crippen molar-refractivity contribution in [1.82, 2.24) is 9.21 Å². The number of rotatable bonds is 9. The number of nitrogens with zero attached hydrogens (tertiary/aromatic N) is 2. The van der Waals surface area contributed by atoms with Gasteiger partial charge in [-0.3, -0.25) is 4.90 Å². The zero-order chi connectivity index (χ0) is 23.3. The van der Waals surface area contributed by atoms with Gasteiger partial charge in [0.25, 0.3) is 0 Å². The Morgan fingerprint density at radius 2 is 1.43 bits per heavy atom. The molecule has 0 aliphatic carbocycles. The van der Waals surface area contributed by atoms with E-state index in [0.717, 1.165) is 11.6 Å². The molecule has 0 aromatic carbocycles. The summed E-state index contributed by atoms with van der Waals surface area (Å²) in [7, 11) is -3.18. The van der Waals surface area contributed by atoms with Crippen LogP contribution in [0, 0.1) is 0 Å². The van der Waals surface area contributed by atoms with Crippen molar-refractivity contribution in [2.24, 2.45) is 0 Å². The van der Waals surface area contributed by atoms with Gasteiger partial charge in [0.15, 0.2) is 5.60 Å². The smallest absolute Gasteiger partial charge is 0.376 e. The molecule has 9 heteroatoms.